The van der Waals surface area contributed by atoms with Crippen molar-refractivity contribution >= 4 is 28.6 Å². The van der Waals surface area contributed by atoms with Crippen molar-refractivity contribution < 1.29 is 19.1 Å². The van der Waals surface area contributed by atoms with Crippen LogP contribution in [0.4, 0.5) is 0 Å². The summed E-state index contributed by atoms with van der Waals surface area (Å²) >= 11 is 0. The fourth-order valence-corrected chi connectivity index (χ4v) is 5.71. The van der Waals surface area contributed by atoms with E-state index < -0.39 is 18.0 Å². The Morgan fingerprint density at radius 2 is 2.21 bits per heavy atom. The molecule has 0 bridgehead atoms. The Balaban J connectivity index is 1.38. The van der Waals surface area contributed by atoms with Crippen LogP contribution in [0.25, 0.3) is 10.9 Å². The third-order valence-corrected chi connectivity index (χ3v) is 7.35. The van der Waals surface area contributed by atoms with Gasteiger partial charge in [0.1, 0.15) is 23.5 Å². The zero-order valence-electron chi connectivity index (χ0n) is 18.9. The van der Waals surface area contributed by atoms with Crippen LogP contribution in [0.15, 0.2) is 36.5 Å². The minimum absolute atomic E-state index is 0.0666. The van der Waals surface area contributed by atoms with Gasteiger partial charge in [-0.2, -0.15) is 5.26 Å². The van der Waals surface area contributed by atoms with Crippen molar-refractivity contribution in [2.75, 3.05) is 13.7 Å². The summed E-state index contributed by atoms with van der Waals surface area (Å²) in [5, 5.41) is 15.8. The van der Waals surface area contributed by atoms with Crippen LogP contribution in [0, 0.1) is 29.1 Å². The highest BCUT2D eigenvalue weighted by Crippen LogP contribution is 2.43. The smallest absolute Gasteiger partial charge is 0.271 e. The summed E-state index contributed by atoms with van der Waals surface area (Å²) in [5.74, 6) is -0.198. The number of fused-ring (bicyclic) bond motifs is 2. The highest BCUT2D eigenvalue weighted by atomic mass is 16.5. The number of rotatable bonds is 6. The van der Waals surface area contributed by atoms with E-state index in [1.165, 1.54) is 0 Å². The summed E-state index contributed by atoms with van der Waals surface area (Å²) in [5.41, 5.74) is 1.19. The van der Waals surface area contributed by atoms with Gasteiger partial charge in [-0.25, -0.2) is 0 Å². The van der Waals surface area contributed by atoms with Gasteiger partial charge < -0.3 is 25.3 Å². The number of carbonyl (C=O) groups is 3. The number of methoxy groups -OCH3 is 1. The van der Waals surface area contributed by atoms with Gasteiger partial charge in [-0.3, -0.25) is 14.4 Å². The minimum atomic E-state index is -0.819. The lowest BCUT2D eigenvalue weighted by molar-refractivity contribution is -0.127. The summed E-state index contributed by atoms with van der Waals surface area (Å²) in [6.45, 7) is 0.513. The van der Waals surface area contributed by atoms with Crippen LogP contribution < -0.4 is 15.4 Å². The van der Waals surface area contributed by atoms with E-state index in [4.69, 9.17) is 4.74 Å². The number of aromatic amines is 1. The summed E-state index contributed by atoms with van der Waals surface area (Å²) < 4.78 is 5.41. The van der Waals surface area contributed by atoms with E-state index in [1.807, 2.05) is 18.2 Å². The van der Waals surface area contributed by atoms with Gasteiger partial charge in [0.15, 0.2) is 0 Å². The fourth-order valence-electron chi connectivity index (χ4n) is 5.71. The lowest BCUT2D eigenvalue weighted by atomic mass is 9.93. The fraction of sp³-hybridized carbons (Fsp3) is 0.440. The highest BCUT2D eigenvalue weighted by Gasteiger charge is 2.50. The molecule has 5 rings (SSSR count). The quantitative estimate of drug-likeness (QED) is 0.607. The van der Waals surface area contributed by atoms with E-state index in [0.29, 0.717) is 18.0 Å². The van der Waals surface area contributed by atoms with Gasteiger partial charge in [0, 0.05) is 23.6 Å². The Labute approximate surface area is 197 Å². The van der Waals surface area contributed by atoms with Crippen molar-refractivity contribution in [3.05, 3.63) is 42.2 Å². The number of hydrogen-bond donors (Lipinski definition) is 3. The van der Waals surface area contributed by atoms with Gasteiger partial charge in [0.05, 0.1) is 19.1 Å². The van der Waals surface area contributed by atoms with E-state index in [1.54, 1.807) is 30.4 Å². The van der Waals surface area contributed by atoms with Crippen LogP contribution in [0.2, 0.25) is 0 Å². The molecule has 3 heterocycles. The van der Waals surface area contributed by atoms with Crippen LogP contribution >= 0.6 is 0 Å². The normalized spacial score (nSPS) is 26.2. The summed E-state index contributed by atoms with van der Waals surface area (Å²) in [6.07, 6.45) is 6.33. The van der Waals surface area contributed by atoms with E-state index in [9.17, 15) is 19.6 Å². The van der Waals surface area contributed by atoms with Crippen LogP contribution in [-0.4, -0.2) is 53.3 Å². The Bertz CT molecular complexity index is 1210. The number of ether oxygens (including phenoxy) is 1. The standard InChI is InChI=1S/C25H27N5O4/c1-34-21-7-3-6-19-18(21)11-20(29-19)25(33)30-13-15-4-2-5-17(15)22(30)24(32)28-16(12-26)10-14-8-9-27-23(14)31/h3,6-9,11,14-17,22,29H,2,4-5,10,13H2,1H3,(H,27,31)(H,28,32)/t14?,15-,16-,17-,22-/m0/s1. The van der Waals surface area contributed by atoms with Gasteiger partial charge in [-0.1, -0.05) is 18.6 Å². The van der Waals surface area contributed by atoms with Gasteiger partial charge in [-0.05, 0) is 49.3 Å². The lowest BCUT2D eigenvalue weighted by Crippen LogP contribution is -2.51. The molecule has 2 aromatic rings. The molecule has 0 radical (unpaired) electrons. The number of nitriles is 1. The first kappa shape index (κ1) is 22.0. The molecule has 9 heteroatoms. The summed E-state index contributed by atoms with van der Waals surface area (Å²) in [4.78, 5) is 43.7. The third kappa shape index (κ3) is 3.79. The molecule has 3 N–H and O–H groups in total. The van der Waals surface area contributed by atoms with Gasteiger partial charge in [-0.15, -0.1) is 0 Å². The maximum absolute atomic E-state index is 13.6. The topological polar surface area (TPSA) is 127 Å². The molecule has 1 unspecified atom stereocenters. The molecule has 5 atom stereocenters. The summed E-state index contributed by atoms with van der Waals surface area (Å²) in [6, 6.07) is 7.97. The zero-order valence-corrected chi connectivity index (χ0v) is 18.9. The Morgan fingerprint density at radius 1 is 1.35 bits per heavy atom. The Kier molecular flexibility index (Phi) is 5.74. The van der Waals surface area contributed by atoms with Gasteiger partial charge in [0.2, 0.25) is 11.8 Å². The lowest BCUT2D eigenvalue weighted by Gasteiger charge is -2.28. The molecule has 1 saturated carbocycles. The summed E-state index contributed by atoms with van der Waals surface area (Å²) in [7, 11) is 1.59. The van der Waals surface area contributed by atoms with Crippen molar-refractivity contribution in [3.8, 4) is 11.8 Å². The monoisotopic (exact) mass is 461 g/mol. The molecule has 3 aliphatic rings. The molecule has 3 amide bonds. The second-order valence-electron chi connectivity index (χ2n) is 9.26. The maximum atomic E-state index is 13.6. The second kappa shape index (κ2) is 8.86. The first-order chi connectivity index (χ1) is 16.5. The van der Waals surface area contributed by atoms with Crippen molar-refractivity contribution in [2.45, 2.75) is 37.8 Å². The molecule has 2 aliphatic heterocycles. The van der Waals surface area contributed by atoms with Crippen LogP contribution in [0.1, 0.15) is 36.2 Å². The molecule has 34 heavy (non-hydrogen) atoms. The molecule has 1 saturated heterocycles. The van der Waals surface area contributed by atoms with Crippen LogP contribution in [0.5, 0.6) is 5.75 Å². The average Bonchev–Trinajstić information content (AvgIpc) is 3.61. The van der Waals surface area contributed by atoms with Crippen molar-refractivity contribution in [1.82, 2.24) is 20.5 Å². The van der Waals surface area contributed by atoms with Crippen molar-refractivity contribution in [2.24, 2.45) is 17.8 Å². The average molecular weight is 462 g/mol. The van der Waals surface area contributed by atoms with Gasteiger partial charge >= 0.3 is 0 Å². The zero-order chi connectivity index (χ0) is 23.8. The predicted octanol–water partition coefficient (Wildman–Crippen LogP) is 2.08. The number of H-pyrrole nitrogens is 1. The van der Waals surface area contributed by atoms with E-state index in [-0.39, 0.29) is 36.0 Å². The third-order valence-electron chi connectivity index (χ3n) is 7.35. The number of benzene rings is 1. The molecular formula is C25H27N5O4. The number of likely N-dealkylation sites (tertiary alicyclic amines) is 1. The molecule has 1 aliphatic carbocycles. The second-order valence-corrected chi connectivity index (χ2v) is 9.26. The van der Waals surface area contributed by atoms with Crippen LogP contribution in [-0.2, 0) is 9.59 Å². The largest absolute Gasteiger partial charge is 0.496 e. The number of nitrogens with one attached hydrogen (secondary N) is 3. The van der Waals surface area contributed by atoms with Crippen molar-refractivity contribution in [1.29, 1.82) is 5.26 Å². The molecule has 1 aromatic heterocycles. The van der Waals surface area contributed by atoms with E-state index >= 15 is 0 Å². The van der Waals surface area contributed by atoms with Crippen LogP contribution in [0.3, 0.4) is 0 Å². The van der Waals surface area contributed by atoms with Gasteiger partial charge in [0.25, 0.3) is 5.91 Å². The Hall–Kier alpha value is -3.80. The SMILES string of the molecule is COc1cccc2[nH]c(C(=O)N3C[C@@H]4CCC[C@@H]4[C@H]3C(=O)N[C@H](C#N)CC3C=CNC3=O)cc12. The molecule has 1 aromatic carbocycles. The number of nitrogens with zero attached hydrogens (tertiary/aromatic N) is 2. The molecule has 0 spiro atoms. The number of amides is 3. The first-order valence-corrected chi connectivity index (χ1v) is 11.6. The maximum Gasteiger partial charge on any atom is 0.271 e. The molecule has 2 fully saturated rings. The molecular weight excluding hydrogens is 434 g/mol. The molecule has 9 nitrogen and oxygen atoms in total. The first-order valence-electron chi connectivity index (χ1n) is 11.6. The number of aromatic nitrogens is 1. The minimum Gasteiger partial charge on any atom is -0.496 e. The number of carbonyl (C=O) groups excluding carboxylic acids is 3. The van der Waals surface area contributed by atoms with E-state index in [0.717, 1.165) is 30.2 Å². The van der Waals surface area contributed by atoms with Crippen molar-refractivity contribution in [3.63, 3.8) is 0 Å². The molecule has 176 valence electrons. The highest BCUT2D eigenvalue weighted by molar-refractivity contribution is 6.02. The Morgan fingerprint density at radius 3 is 2.94 bits per heavy atom. The predicted molar refractivity (Wildman–Crippen MR) is 123 cm³/mol. The van der Waals surface area contributed by atoms with E-state index in [2.05, 4.69) is 21.7 Å². The number of hydrogen-bond acceptors (Lipinski definition) is 5.